The van der Waals surface area contributed by atoms with E-state index in [4.69, 9.17) is 16.3 Å². The molecule has 1 aromatic rings. The lowest BCUT2D eigenvalue weighted by atomic mass is 9.88. The lowest BCUT2D eigenvalue weighted by Crippen LogP contribution is -2.31. The molecule has 1 aromatic carbocycles. The van der Waals surface area contributed by atoms with Crippen LogP contribution in [0.1, 0.15) is 30.9 Å². The molecule has 0 aliphatic carbocycles. The van der Waals surface area contributed by atoms with E-state index in [-0.39, 0.29) is 12.5 Å². The Hall–Kier alpha value is -1.06. The van der Waals surface area contributed by atoms with Crippen molar-refractivity contribution in [2.75, 3.05) is 0 Å². The maximum Gasteiger partial charge on any atom is 0.131 e. The van der Waals surface area contributed by atoms with Crippen LogP contribution in [0.15, 0.2) is 12.1 Å². The summed E-state index contributed by atoms with van der Waals surface area (Å²) in [5.41, 5.74) is 0.801. The maximum atomic E-state index is 11.1. The van der Waals surface area contributed by atoms with Crippen molar-refractivity contribution in [1.29, 1.82) is 0 Å². The van der Waals surface area contributed by atoms with Gasteiger partial charge >= 0.3 is 0 Å². The Bertz CT molecular complexity index is 440. The van der Waals surface area contributed by atoms with Crippen LogP contribution in [-0.2, 0) is 11.4 Å². The van der Waals surface area contributed by atoms with Crippen LogP contribution in [0.3, 0.4) is 0 Å². The third-order valence-corrected chi connectivity index (χ3v) is 3.13. The molecule has 1 atom stereocenters. The van der Waals surface area contributed by atoms with Crippen LogP contribution in [0, 0.1) is 0 Å². The van der Waals surface area contributed by atoms with E-state index in [1.54, 1.807) is 12.1 Å². The summed E-state index contributed by atoms with van der Waals surface area (Å²) in [5.74, 6) is 0.250. The summed E-state index contributed by atoms with van der Waals surface area (Å²) in [7, 11) is 0. The fraction of sp³-hybridized carbons (Fsp3) is 0.417. The van der Waals surface area contributed by atoms with Gasteiger partial charge in [-0.15, -0.1) is 0 Å². The lowest BCUT2D eigenvalue weighted by molar-refractivity contribution is -0.111. The molecule has 0 bridgehead atoms. The number of hydrogen-bond acceptors (Lipinski definition) is 3. The summed E-state index contributed by atoms with van der Waals surface area (Å²) in [6.07, 6.45) is 0.864. The lowest BCUT2D eigenvalue weighted by Gasteiger charge is -2.22. The number of aliphatic hydroxyl groups is 1. The third-order valence-electron chi connectivity index (χ3n) is 2.91. The molecule has 1 unspecified atom stereocenters. The number of hydrogen-bond donors (Lipinski definition) is 1. The molecule has 3 nitrogen and oxygen atoms in total. The van der Waals surface area contributed by atoms with Gasteiger partial charge in [-0.2, -0.15) is 0 Å². The fourth-order valence-corrected chi connectivity index (χ4v) is 2.33. The minimum absolute atomic E-state index is 0.148. The molecule has 0 saturated heterocycles. The van der Waals surface area contributed by atoms with Crippen LogP contribution in [-0.4, -0.2) is 17.0 Å². The summed E-state index contributed by atoms with van der Waals surface area (Å²) in [6.45, 7) is 3.55. The zero-order valence-electron chi connectivity index (χ0n) is 9.16. The highest BCUT2D eigenvalue weighted by Crippen LogP contribution is 2.46. The molecule has 1 aliphatic heterocycles. The second kappa shape index (κ2) is 3.75. The monoisotopic (exact) mass is 240 g/mol. The summed E-state index contributed by atoms with van der Waals surface area (Å²) >= 11 is 5.94. The number of carbonyl (C=O) groups is 1. The van der Waals surface area contributed by atoms with Gasteiger partial charge in [-0.25, -0.2) is 0 Å². The van der Waals surface area contributed by atoms with Crippen LogP contribution in [0.4, 0.5) is 0 Å². The summed E-state index contributed by atoms with van der Waals surface area (Å²) < 4.78 is 5.72. The quantitative estimate of drug-likeness (QED) is 0.807. The molecule has 86 valence electrons. The Balaban J connectivity index is 2.62. The molecular formula is C12H13ClO3. The number of ether oxygens (including phenoxy) is 1. The molecule has 0 spiro atoms. The zero-order valence-corrected chi connectivity index (χ0v) is 9.91. The van der Waals surface area contributed by atoms with E-state index in [1.807, 2.05) is 13.8 Å². The first-order chi connectivity index (χ1) is 7.49. The second-order valence-electron chi connectivity index (χ2n) is 4.46. The summed E-state index contributed by atoms with van der Waals surface area (Å²) in [6, 6.07) is 3.38. The van der Waals surface area contributed by atoms with Crippen LogP contribution >= 0.6 is 11.6 Å². The molecule has 0 amide bonds. The molecule has 0 radical (unpaired) electrons. The second-order valence-corrected chi connectivity index (χ2v) is 4.90. The van der Waals surface area contributed by atoms with Gasteiger partial charge < -0.3 is 14.6 Å². The van der Waals surface area contributed by atoms with Gasteiger partial charge in [0.1, 0.15) is 17.6 Å². The number of aliphatic hydroxyl groups excluding tert-OH is 1. The first kappa shape index (κ1) is 11.4. The van der Waals surface area contributed by atoms with Crippen LogP contribution in [0.5, 0.6) is 5.75 Å². The molecule has 1 N–H and O–H groups in total. The van der Waals surface area contributed by atoms with Gasteiger partial charge in [0, 0.05) is 16.1 Å². The Labute approximate surface area is 99.0 Å². The van der Waals surface area contributed by atoms with Gasteiger partial charge in [-0.1, -0.05) is 11.6 Å². The summed E-state index contributed by atoms with van der Waals surface area (Å²) in [5, 5.41) is 9.74. The normalized spacial score (nSPS) is 21.4. The average Bonchev–Trinajstić information content (AvgIpc) is 2.46. The van der Waals surface area contributed by atoms with Crippen molar-refractivity contribution in [2.24, 2.45) is 0 Å². The van der Waals surface area contributed by atoms with E-state index in [0.29, 0.717) is 16.3 Å². The Morgan fingerprint density at radius 3 is 2.81 bits per heavy atom. The molecular weight excluding hydrogens is 228 g/mol. The van der Waals surface area contributed by atoms with Crippen LogP contribution in [0.2, 0.25) is 5.02 Å². The topological polar surface area (TPSA) is 46.5 Å². The maximum absolute atomic E-state index is 11.1. The highest BCUT2D eigenvalue weighted by Gasteiger charge is 2.42. The third kappa shape index (κ3) is 1.60. The van der Waals surface area contributed by atoms with Crippen molar-refractivity contribution >= 4 is 17.9 Å². The van der Waals surface area contributed by atoms with Crippen LogP contribution in [0.25, 0.3) is 0 Å². The average molecular weight is 241 g/mol. The van der Waals surface area contributed by atoms with E-state index in [1.165, 1.54) is 0 Å². The van der Waals surface area contributed by atoms with E-state index >= 15 is 0 Å². The van der Waals surface area contributed by atoms with Gasteiger partial charge in [0.15, 0.2) is 0 Å². The first-order valence-corrected chi connectivity index (χ1v) is 5.45. The predicted octanol–water partition coefficient (Wildman–Crippen LogP) is 2.29. The van der Waals surface area contributed by atoms with Crippen molar-refractivity contribution in [1.82, 2.24) is 0 Å². The van der Waals surface area contributed by atoms with E-state index < -0.39 is 5.60 Å². The Morgan fingerprint density at radius 2 is 2.25 bits per heavy atom. The van der Waals surface area contributed by atoms with Gasteiger partial charge in [0.25, 0.3) is 0 Å². The smallest absolute Gasteiger partial charge is 0.131 e. The standard InChI is InChI=1S/C12H13ClO3/c1-12(2)10(6-15)9-4-8(13)3-7(5-14)11(9)16-12/h3-4,6,10,14H,5H2,1-2H3. The van der Waals surface area contributed by atoms with Gasteiger partial charge in [0.2, 0.25) is 0 Å². The predicted molar refractivity (Wildman–Crippen MR) is 60.9 cm³/mol. The van der Waals surface area contributed by atoms with E-state index in [2.05, 4.69) is 0 Å². The number of benzene rings is 1. The molecule has 0 fully saturated rings. The van der Waals surface area contributed by atoms with Crippen LogP contribution < -0.4 is 4.74 Å². The zero-order chi connectivity index (χ0) is 11.9. The minimum atomic E-state index is -0.585. The van der Waals surface area contributed by atoms with Crippen molar-refractivity contribution in [3.63, 3.8) is 0 Å². The number of rotatable bonds is 2. The van der Waals surface area contributed by atoms with Gasteiger partial charge in [-0.3, -0.25) is 0 Å². The molecule has 4 heteroatoms. The van der Waals surface area contributed by atoms with Gasteiger partial charge in [-0.05, 0) is 26.0 Å². The van der Waals surface area contributed by atoms with E-state index in [9.17, 15) is 9.90 Å². The van der Waals surface area contributed by atoms with Crippen molar-refractivity contribution in [3.8, 4) is 5.75 Å². The highest BCUT2D eigenvalue weighted by molar-refractivity contribution is 6.30. The molecule has 1 heterocycles. The number of carbonyl (C=O) groups excluding carboxylic acids is 1. The van der Waals surface area contributed by atoms with E-state index in [0.717, 1.165) is 11.8 Å². The molecule has 2 rings (SSSR count). The highest BCUT2D eigenvalue weighted by atomic mass is 35.5. The fourth-order valence-electron chi connectivity index (χ4n) is 2.08. The molecule has 0 saturated carbocycles. The Kier molecular flexibility index (Phi) is 2.68. The number of halogens is 1. The molecule has 0 aromatic heterocycles. The first-order valence-electron chi connectivity index (χ1n) is 5.07. The number of fused-ring (bicyclic) bond motifs is 1. The number of aldehydes is 1. The van der Waals surface area contributed by atoms with Crippen molar-refractivity contribution in [3.05, 3.63) is 28.3 Å². The van der Waals surface area contributed by atoms with Gasteiger partial charge in [0.05, 0.1) is 12.5 Å². The van der Waals surface area contributed by atoms with Crippen molar-refractivity contribution < 1.29 is 14.6 Å². The SMILES string of the molecule is CC1(C)Oc2c(CO)cc(Cl)cc2C1C=O. The minimum Gasteiger partial charge on any atom is -0.486 e. The molecule has 16 heavy (non-hydrogen) atoms. The molecule has 1 aliphatic rings. The van der Waals surface area contributed by atoms with Crippen molar-refractivity contribution in [2.45, 2.75) is 32.0 Å². The largest absolute Gasteiger partial charge is 0.486 e. The Morgan fingerprint density at radius 1 is 1.56 bits per heavy atom. The summed E-state index contributed by atoms with van der Waals surface area (Å²) in [4.78, 5) is 11.1.